The topological polar surface area (TPSA) is 63.4 Å². The van der Waals surface area contributed by atoms with Crippen LogP contribution in [0, 0.1) is 6.92 Å². The molecule has 0 radical (unpaired) electrons. The van der Waals surface area contributed by atoms with Gasteiger partial charge in [0.05, 0.1) is 5.02 Å². The minimum atomic E-state index is -3.64. The first-order chi connectivity index (χ1) is 10.9. The minimum absolute atomic E-state index is 0. The third-order valence-corrected chi connectivity index (χ3v) is 6.82. The summed E-state index contributed by atoms with van der Waals surface area (Å²) in [7, 11) is -3.64. The summed E-state index contributed by atoms with van der Waals surface area (Å²) in [5.74, 6) is -0.00504. The second kappa shape index (κ2) is 7.42. The molecule has 0 aromatic heterocycles. The van der Waals surface area contributed by atoms with E-state index in [1.165, 1.54) is 4.31 Å². The largest absolute Gasteiger partial charge is 0.326 e. The van der Waals surface area contributed by atoms with Crippen LogP contribution in [-0.2, 0) is 10.0 Å². The molecule has 2 N–H and O–H groups in total. The highest BCUT2D eigenvalue weighted by Crippen LogP contribution is 2.33. The summed E-state index contributed by atoms with van der Waals surface area (Å²) in [6.45, 7) is 2.47. The predicted molar refractivity (Wildman–Crippen MR) is 99.4 cm³/mol. The van der Waals surface area contributed by atoms with Gasteiger partial charge >= 0.3 is 0 Å². The average molecular weight is 387 g/mol. The molecule has 0 unspecified atom stereocenters. The number of aryl methyl sites for hydroxylation is 1. The zero-order valence-electron chi connectivity index (χ0n) is 13.2. The summed E-state index contributed by atoms with van der Waals surface area (Å²) >= 11 is 6.21. The molecule has 0 bridgehead atoms. The number of hydrogen-bond acceptors (Lipinski definition) is 3. The van der Waals surface area contributed by atoms with Crippen molar-refractivity contribution >= 4 is 34.0 Å². The fraction of sp³-hybridized carbons (Fsp3) is 0.294. The number of nitrogens with zero attached hydrogens (tertiary/aromatic N) is 1. The van der Waals surface area contributed by atoms with Gasteiger partial charge in [0.25, 0.3) is 0 Å². The smallest absolute Gasteiger partial charge is 0.244 e. The Kier molecular flexibility index (Phi) is 5.94. The highest BCUT2D eigenvalue weighted by atomic mass is 35.5. The average Bonchev–Trinajstić information content (AvgIpc) is 2.93. The molecule has 2 aromatic rings. The van der Waals surface area contributed by atoms with Crippen LogP contribution in [0.3, 0.4) is 0 Å². The van der Waals surface area contributed by atoms with Crippen LogP contribution >= 0.6 is 24.0 Å². The van der Waals surface area contributed by atoms with Gasteiger partial charge in [0.1, 0.15) is 4.90 Å². The van der Waals surface area contributed by atoms with Crippen molar-refractivity contribution in [3.63, 3.8) is 0 Å². The molecule has 7 heteroatoms. The van der Waals surface area contributed by atoms with Crippen LogP contribution in [0.4, 0.5) is 0 Å². The van der Waals surface area contributed by atoms with Gasteiger partial charge in [0.15, 0.2) is 0 Å². The van der Waals surface area contributed by atoms with Gasteiger partial charge in [0.2, 0.25) is 10.0 Å². The van der Waals surface area contributed by atoms with E-state index in [0.717, 1.165) is 11.1 Å². The highest BCUT2D eigenvalue weighted by Gasteiger charge is 2.39. The molecule has 0 aliphatic carbocycles. The maximum absolute atomic E-state index is 12.9. The standard InChI is InChI=1S/C17H19ClN2O2S.ClH/c1-12-6-5-9-16(17(12)18)23(21,22)20-10-14(15(19)11-20)13-7-3-2-4-8-13;/h2-9,14-15H,10-11,19H2,1H3;1H/t14-,15+;/m0./s1. The van der Waals surface area contributed by atoms with E-state index in [1.54, 1.807) is 25.1 Å². The number of benzene rings is 2. The monoisotopic (exact) mass is 386 g/mol. The summed E-state index contributed by atoms with van der Waals surface area (Å²) in [5, 5.41) is 0.282. The van der Waals surface area contributed by atoms with Crippen LogP contribution in [0.2, 0.25) is 5.02 Å². The van der Waals surface area contributed by atoms with Gasteiger partial charge in [-0.05, 0) is 24.1 Å². The molecule has 130 valence electrons. The van der Waals surface area contributed by atoms with Crippen molar-refractivity contribution in [2.24, 2.45) is 5.73 Å². The van der Waals surface area contributed by atoms with Crippen molar-refractivity contribution < 1.29 is 8.42 Å². The van der Waals surface area contributed by atoms with Gasteiger partial charge in [-0.15, -0.1) is 12.4 Å². The molecule has 0 spiro atoms. The number of nitrogens with two attached hydrogens (primary N) is 1. The molecule has 1 aliphatic rings. The summed E-state index contributed by atoms with van der Waals surface area (Å²) in [6, 6.07) is 14.6. The third-order valence-electron chi connectivity index (χ3n) is 4.33. The van der Waals surface area contributed by atoms with Crippen molar-refractivity contribution in [3.05, 3.63) is 64.7 Å². The first-order valence-electron chi connectivity index (χ1n) is 7.47. The van der Waals surface area contributed by atoms with E-state index in [-0.39, 0.29) is 34.3 Å². The van der Waals surface area contributed by atoms with Crippen LogP contribution in [0.1, 0.15) is 17.0 Å². The summed E-state index contributed by atoms with van der Waals surface area (Å²) < 4.78 is 27.3. The SMILES string of the molecule is Cc1cccc(S(=O)(=O)N2C[C@@H](N)[C@H](c3ccccc3)C2)c1Cl.Cl. The van der Waals surface area contributed by atoms with Gasteiger partial charge in [-0.25, -0.2) is 8.42 Å². The molecular weight excluding hydrogens is 367 g/mol. The number of halogens is 2. The van der Waals surface area contributed by atoms with E-state index in [9.17, 15) is 8.42 Å². The van der Waals surface area contributed by atoms with Crippen molar-refractivity contribution in [1.29, 1.82) is 0 Å². The zero-order chi connectivity index (χ0) is 16.6. The number of rotatable bonds is 3. The molecule has 1 saturated heterocycles. The molecule has 3 rings (SSSR count). The lowest BCUT2D eigenvalue weighted by Gasteiger charge is -2.18. The third kappa shape index (κ3) is 3.46. The summed E-state index contributed by atoms with van der Waals surface area (Å²) in [6.07, 6.45) is 0. The molecule has 2 aromatic carbocycles. The van der Waals surface area contributed by atoms with Gasteiger partial charge < -0.3 is 5.73 Å². The van der Waals surface area contributed by atoms with Crippen LogP contribution in [0.5, 0.6) is 0 Å². The van der Waals surface area contributed by atoms with E-state index in [0.29, 0.717) is 13.1 Å². The van der Waals surface area contributed by atoms with E-state index in [1.807, 2.05) is 30.3 Å². The van der Waals surface area contributed by atoms with Gasteiger partial charge in [-0.3, -0.25) is 0 Å². The molecule has 1 fully saturated rings. The molecule has 1 aliphatic heterocycles. The van der Waals surface area contributed by atoms with Crippen LogP contribution < -0.4 is 5.73 Å². The number of hydrogen-bond donors (Lipinski definition) is 1. The van der Waals surface area contributed by atoms with Crippen molar-refractivity contribution in [1.82, 2.24) is 4.31 Å². The number of sulfonamides is 1. The lowest BCUT2D eigenvalue weighted by molar-refractivity contribution is 0.470. The first-order valence-corrected chi connectivity index (χ1v) is 9.29. The first kappa shape index (κ1) is 19.2. The Hall–Kier alpha value is -1.11. The Morgan fingerprint density at radius 3 is 2.42 bits per heavy atom. The predicted octanol–water partition coefficient (Wildman–Crippen LogP) is 3.19. The maximum atomic E-state index is 12.9. The van der Waals surface area contributed by atoms with Crippen LogP contribution in [0.25, 0.3) is 0 Å². The Morgan fingerprint density at radius 2 is 1.75 bits per heavy atom. The Labute approximate surface area is 154 Å². The minimum Gasteiger partial charge on any atom is -0.326 e. The van der Waals surface area contributed by atoms with Crippen LogP contribution in [-0.4, -0.2) is 31.9 Å². The second-order valence-electron chi connectivity index (χ2n) is 5.89. The Balaban J connectivity index is 0.00000208. The molecule has 24 heavy (non-hydrogen) atoms. The lowest BCUT2D eigenvalue weighted by Crippen LogP contribution is -2.32. The Morgan fingerprint density at radius 1 is 1.08 bits per heavy atom. The molecule has 4 nitrogen and oxygen atoms in total. The highest BCUT2D eigenvalue weighted by molar-refractivity contribution is 7.89. The normalized spacial score (nSPS) is 21.5. The van der Waals surface area contributed by atoms with Crippen molar-refractivity contribution in [3.8, 4) is 0 Å². The molecule has 0 amide bonds. The van der Waals surface area contributed by atoms with Crippen molar-refractivity contribution in [2.75, 3.05) is 13.1 Å². The lowest BCUT2D eigenvalue weighted by atomic mass is 9.95. The van der Waals surface area contributed by atoms with E-state index in [2.05, 4.69) is 0 Å². The molecule has 2 atom stereocenters. The van der Waals surface area contributed by atoms with E-state index >= 15 is 0 Å². The fourth-order valence-electron chi connectivity index (χ4n) is 3.00. The van der Waals surface area contributed by atoms with E-state index < -0.39 is 10.0 Å². The van der Waals surface area contributed by atoms with Crippen molar-refractivity contribution in [2.45, 2.75) is 23.8 Å². The van der Waals surface area contributed by atoms with E-state index in [4.69, 9.17) is 17.3 Å². The fourth-order valence-corrected chi connectivity index (χ4v) is 5.06. The van der Waals surface area contributed by atoms with Crippen LogP contribution in [0.15, 0.2) is 53.4 Å². The molecule has 0 saturated carbocycles. The molecular formula is C17H20Cl2N2O2S. The maximum Gasteiger partial charge on any atom is 0.244 e. The Bertz CT molecular complexity index is 813. The van der Waals surface area contributed by atoms with Gasteiger partial charge in [-0.1, -0.05) is 54.1 Å². The quantitative estimate of drug-likeness (QED) is 0.880. The second-order valence-corrected chi connectivity index (χ2v) is 8.17. The summed E-state index contributed by atoms with van der Waals surface area (Å²) in [5.41, 5.74) is 8.01. The van der Waals surface area contributed by atoms with Gasteiger partial charge in [-0.2, -0.15) is 4.31 Å². The molecule has 1 heterocycles. The van der Waals surface area contributed by atoms with Gasteiger partial charge in [0, 0.05) is 25.0 Å². The summed E-state index contributed by atoms with van der Waals surface area (Å²) in [4.78, 5) is 0.153. The zero-order valence-corrected chi connectivity index (χ0v) is 15.6.